The van der Waals surface area contributed by atoms with Crippen LogP contribution >= 0.6 is 0 Å². The molecule has 1 N–H and O–H groups in total. The van der Waals surface area contributed by atoms with Crippen LogP contribution in [0.15, 0.2) is 0 Å². The van der Waals surface area contributed by atoms with Gasteiger partial charge in [-0.1, -0.05) is 0 Å². The first kappa shape index (κ1) is 16.4. The number of carbonyl (C=O) groups excluding carboxylic acids is 1. The predicted octanol–water partition coefficient (Wildman–Crippen LogP) is 2.12. The Bertz CT molecular complexity index is 209. The first-order valence-corrected chi connectivity index (χ1v) is 6.35. The third kappa shape index (κ3) is 13.3. The van der Waals surface area contributed by atoms with Crippen molar-refractivity contribution in [2.75, 3.05) is 19.7 Å². The van der Waals surface area contributed by atoms with Gasteiger partial charge in [0.15, 0.2) is 0 Å². The van der Waals surface area contributed by atoms with Crippen molar-refractivity contribution in [3.05, 3.63) is 0 Å². The second-order valence-electron chi connectivity index (χ2n) is 5.39. The average Bonchev–Trinajstić information content (AvgIpc) is 2.12. The van der Waals surface area contributed by atoms with Crippen molar-refractivity contribution in [3.8, 4) is 0 Å². The molecule has 0 aromatic carbocycles. The van der Waals surface area contributed by atoms with Gasteiger partial charge in [0.1, 0.15) is 5.60 Å². The van der Waals surface area contributed by atoms with E-state index in [0.717, 1.165) is 26.0 Å². The van der Waals surface area contributed by atoms with Gasteiger partial charge >= 0.3 is 5.97 Å². The minimum atomic E-state index is -0.399. The van der Waals surface area contributed by atoms with Gasteiger partial charge in [0, 0.05) is 6.61 Å². The molecule has 0 saturated carbocycles. The lowest BCUT2D eigenvalue weighted by Crippen LogP contribution is -2.32. The van der Waals surface area contributed by atoms with Crippen LogP contribution in [-0.2, 0) is 14.3 Å². The summed E-state index contributed by atoms with van der Waals surface area (Å²) in [5, 5.41) is 3.07. The van der Waals surface area contributed by atoms with Crippen molar-refractivity contribution in [3.63, 3.8) is 0 Å². The number of hydrogen-bond donors (Lipinski definition) is 1. The van der Waals surface area contributed by atoms with Crippen molar-refractivity contribution in [2.45, 2.75) is 59.2 Å². The highest BCUT2D eigenvalue weighted by molar-refractivity contribution is 5.72. The summed E-state index contributed by atoms with van der Waals surface area (Å²) in [4.78, 5) is 11.3. The molecule has 0 amide bonds. The molecule has 0 heterocycles. The number of hydrogen-bond acceptors (Lipinski definition) is 4. The molecule has 0 aliphatic rings. The Morgan fingerprint density at radius 2 is 1.88 bits per heavy atom. The van der Waals surface area contributed by atoms with Gasteiger partial charge in [-0.25, -0.2) is 0 Å². The lowest BCUT2D eigenvalue weighted by molar-refractivity contribution is -0.153. The first-order chi connectivity index (χ1) is 7.81. The molecule has 0 radical (unpaired) electrons. The Hall–Kier alpha value is -0.610. The van der Waals surface area contributed by atoms with E-state index in [1.807, 2.05) is 34.6 Å². The van der Waals surface area contributed by atoms with Gasteiger partial charge in [-0.05, 0) is 54.0 Å². The van der Waals surface area contributed by atoms with Crippen LogP contribution in [0.2, 0.25) is 0 Å². The zero-order chi connectivity index (χ0) is 13.3. The highest BCUT2D eigenvalue weighted by Gasteiger charge is 2.15. The largest absolute Gasteiger partial charge is 0.459 e. The van der Waals surface area contributed by atoms with Crippen LogP contribution in [0.4, 0.5) is 0 Å². The fourth-order valence-corrected chi connectivity index (χ4v) is 1.24. The second kappa shape index (κ2) is 8.48. The van der Waals surface area contributed by atoms with Crippen LogP contribution in [-0.4, -0.2) is 37.4 Å². The van der Waals surface area contributed by atoms with Crippen LogP contribution in [0.5, 0.6) is 0 Å². The lowest BCUT2D eigenvalue weighted by atomic mass is 10.2. The maximum absolute atomic E-state index is 11.3. The topological polar surface area (TPSA) is 47.6 Å². The third-order valence-electron chi connectivity index (χ3n) is 1.89. The van der Waals surface area contributed by atoms with E-state index in [-0.39, 0.29) is 12.5 Å². The molecule has 0 aromatic rings. The normalized spacial score (nSPS) is 11.9. The van der Waals surface area contributed by atoms with E-state index in [9.17, 15) is 4.79 Å². The first-order valence-electron chi connectivity index (χ1n) is 6.35. The standard InChI is InChI=1S/C13H27NO3/c1-11(2)16-9-7-6-8-14-10-12(15)17-13(3,4)5/h11,14H,6-10H2,1-5H3. The van der Waals surface area contributed by atoms with Crippen LogP contribution in [0, 0.1) is 0 Å². The lowest BCUT2D eigenvalue weighted by Gasteiger charge is -2.19. The smallest absolute Gasteiger partial charge is 0.320 e. The predicted molar refractivity (Wildman–Crippen MR) is 69.0 cm³/mol. The van der Waals surface area contributed by atoms with Crippen molar-refractivity contribution in [1.29, 1.82) is 0 Å². The van der Waals surface area contributed by atoms with Crippen LogP contribution < -0.4 is 5.32 Å². The molecule has 102 valence electrons. The molecule has 0 unspecified atom stereocenters. The molecule has 0 aliphatic heterocycles. The summed E-state index contributed by atoms with van der Waals surface area (Å²) in [6.45, 7) is 11.5. The van der Waals surface area contributed by atoms with Crippen LogP contribution in [0.3, 0.4) is 0 Å². The Morgan fingerprint density at radius 3 is 2.41 bits per heavy atom. The van der Waals surface area contributed by atoms with E-state index < -0.39 is 5.60 Å². The summed E-state index contributed by atoms with van der Waals surface area (Å²) in [7, 11) is 0. The van der Waals surface area contributed by atoms with Crippen LogP contribution in [0.25, 0.3) is 0 Å². The van der Waals surface area contributed by atoms with Gasteiger partial charge in [0.2, 0.25) is 0 Å². The van der Waals surface area contributed by atoms with Gasteiger partial charge in [-0.3, -0.25) is 4.79 Å². The zero-order valence-corrected chi connectivity index (χ0v) is 11.8. The molecule has 0 atom stereocenters. The number of nitrogens with one attached hydrogen (secondary N) is 1. The molecule has 0 rings (SSSR count). The van der Waals surface area contributed by atoms with Gasteiger partial charge in [0.25, 0.3) is 0 Å². The maximum Gasteiger partial charge on any atom is 0.320 e. The minimum absolute atomic E-state index is 0.198. The number of ether oxygens (including phenoxy) is 2. The van der Waals surface area contributed by atoms with E-state index in [1.54, 1.807) is 0 Å². The molecule has 0 aromatic heterocycles. The third-order valence-corrected chi connectivity index (χ3v) is 1.89. The molecular formula is C13H27NO3. The molecule has 0 saturated heterocycles. The summed E-state index contributed by atoms with van der Waals surface area (Å²) in [5.41, 5.74) is -0.399. The fourth-order valence-electron chi connectivity index (χ4n) is 1.24. The van der Waals surface area contributed by atoms with E-state index in [1.165, 1.54) is 0 Å². The summed E-state index contributed by atoms with van der Waals surface area (Å²) in [5.74, 6) is -0.198. The number of unbranched alkanes of at least 4 members (excludes halogenated alkanes) is 1. The van der Waals surface area contributed by atoms with E-state index in [2.05, 4.69) is 5.32 Å². The number of rotatable bonds is 8. The summed E-state index contributed by atoms with van der Waals surface area (Å²) >= 11 is 0. The van der Waals surface area contributed by atoms with Crippen molar-refractivity contribution >= 4 is 5.97 Å². The Labute approximate surface area is 105 Å². The molecule has 17 heavy (non-hydrogen) atoms. The van der Waals surface area contributed by atoms with Crippen molar-refractivity contribution in [2.24, 2.45) is 0 Å². The average molecular weight is 245 g/mol. The van der Waals surface area contributed by atoms with Gasteiger partial charge in [0.05, 0.1) is 12.6 Å². The molecule has 4 nitrogen and oxygen atoms in total. The van der Waals surface area contributed by atoms with Gasteiger partial charge in [-0.15, -0.1) is 0 Å². The number of carbonyl (C=O) groups is 1. The Morgan fingerprint density at radius 1 is 1.24 bits per heavy atom. The molecular weight excluding hydrogens is 218 g/mol. The van der Waals surface area contributed by atoms with Crippen molar-refractivity contribution in [1.82, 2.24) is 5.32 Å². The van der Waals surface area contributed by atoms with E-state index >= 15 is 0 Å². The van der Waals surface area contributed by atoms with E-state index in [0.29, 0.717) is 6.10 Å². The second-order valence-corrected chi connectivity index (χ2v) is 5.39. The van der Waals surface area contributed by atoms with Gasteiger partial charge in [-0.2, -0.15) is 0 Å². The van der Waals surface area contributed by atoms with Gasteiger partial charge < -0.3 is 14.8 Å². The molecule has 0 fully saturated rings. The van der Waals surface area contributed by atoms with Crippen LogP contribution in [0.1, 0.15) is 47.5 Å². The zero-order valence-electron chi connectivity index (χ0n) is 11.8. The monoisotopic (exact) mass is 245 g/mol. The Kier molecular flexibility index (Phi) is 8.17. The Balaban J connectivity index is 3.31. The summed E-state index contributed by atoms with van der Waals surface area (Å²) in [6.07, 6.45) is 2.32. The molecule has 0 bridgehead atoms. The highest BCUT2D eigenvalue weighted by Crippen LogP contribution is 2.06. The van der Waals surface area contributed by atoms with E-state index in [4.69, 9.17) is 9.47 Å². The summed E-state index contributed by atoms with van der Waals surface area (Å²) < 4.78 is 10.6. The summed E-state index contributed by atoms with van der Waals surface area (Å²) in [6, 6.07) is 0. The highest BCUT2D eigenvalue weighted by atomic mass is 16.6. The molecule has 0 aliphatic carbocycles. The van der Waals surface area contributed by atoms with Crippen molar-refractivity contribution < 1.29 is 14.3 Å². The fraction of sp³-hybridized carbons (Fsp3) is 0.923. The maximum atomic E-state index is 11.3. The molecule has 4 heteroatoms. The SMILES string of the molecule is CC(C)OCCCCNCC(=O)OC(C)(C)C. The minimum Gasteiger partial charge on any atom is -0.459 e. The number of esters is 1. The molecule has 0 spiro atoms. The quantitative estimate of drug-likeness (QED) is 0.525.